The highest BCUT2D eigenvalue weighted by Crippen LogP contribution is 2.44. The molecule has 1 amide bonds. The lowest BCUT2D eigenvalue weighted by atomic mass is 9.97. The second-order valence-electron chi connectivity index (χ2n) is 8.87. The van der Waals surface area contributed by atoms with Gasteiger partial charge >= 0.3 is 12.1 Å². The Kier molecular flexibility index (Phi) is 6.57. The summed E-state index contributed by atoms with van der Waals surface area (Å²) in [6, 6.07) is 7.85. The van der Waals surface area contributed by atoms with Gasteiger partial charge in [-0.25, -0.2) is 0 Å². The van der Waals surface area contributed by atoms with Crippen LogP contribution in [0.5, 0.6) is 17.2 Å². The molecule has 206 valence electrons. The first kappa shape index (κ1) is 26.5. The number of carbonyl (C=O) groups excluding carboxylic acids is 1. The van der Waals surface area contributed by atoms with Crippen LogP contribution in [0.1, 0.15) is 27.5 Å². The summed E-state index contributed by atoms with van der Waals surface area (Å²) >= 11 is 0. The van der Waals surface area contributed by atoms with Gasteiger partial charge in [-0.05, 0) is 35.9 Å². The van der Waals surface area contributed by atoms with Gasteiger partial charge in [0.1, 0.15) is 30.2 Å². The van der Waals surface area contributed by atoms with Crippen LogP contribution >= 0.6 is 0 Å². The highest BCUT2D eigenvalue weighted by molar-refractivity contribution is 6.05. The number of carboxylic acids is 1. The molecule has 40 heavy (non-hydrogen) atoms. The van der Waals surface area contributed by atoms with Gasteiger partial charge < -0.3 is 25.0 Å². The Morgan fingerprint density at radius 1 is 1.18 bits per heavy atom. The molecular weight excluding hydrogens is 535 g/mol. The van der Waals surface area contributed by atoms with Crippen molar-refractivity contribution in [1.82, 2.24) is 14.9 Å². The molecule has 0 saturated heterocycles. The lowest BCUT2D eigenvalue weighted by Gasteiger charge is -2.31. The summed E-state index contributed by atoms with van der Waals surface area (Å²) < 4.78 is 52.0. The van der Waals surface area contributed by atoms with Gasteiger partial charge in [0.2, 0.25) is 0 Å². The van der Waals surface area contributed by atoms with Crippen LogP contribution in [0.3, 0.4) is 0 Å². The van der Waals surface area contributed by atoms with E-state index in [-0.39, 0.29) is 28.8 Å². The fourth-order valence-corrected chi connectivity index (χ4v) is 4.63. The molecule has 0 saturated carbocycles. The molecule has 1 aliphatic heterocycles. The van der Waals surface area contributed by atoms with Crippen LogP contribution in [0, 0.1) is 0 Å². The van der Waals surface area contributed by atoms with Crippen LogP contribution in [0.2, 0.25) is 0 Å². The maximum Gasteiger partial charge on any atom is 0.416 e. The molecule has 0 radical (unpaired) electrons. The number of aromatic nitrogens is 2. The molecule has 1 aliphatic rings. The molecule has 3 heterocycles. The minimum Gasteiger partial charge on any atom is -0.506 e. The first-order chi connectivity index (χ1) is 19.0. The van der Waals surface area contributed by atoms with Crippen molar-refractivity contribution in [2.75, 3.05) is 20.3 Å². The molecule has 0 fully saturated rings. The highest BCUT2D eigenvalue weighted by Gasteiger charge is 2.34. The smallest absolute Gasteiger partial charge is 0.416 e. The minimum absolute atomic E-state index is 0.0336. The number of ether oxygens (including phenoxy) is 2. The monoisotopic (exact) mass is 555 g/mol. The Morgan fingerprint density at radius 2 is 1.90 bits per heavy atom. The van der Waals surface area contributed by atoms with Crippen LogP contribution < -0.4 is 20.3 Å². The number of hydrogen-bond donors (Lipinski definition) is 3. The molecule has 2 aromatic heterocycles. The maximum atomic E-state index is 13.8. The van der Waals surface area contributed by atoms with E-state index in [0.717, 1.165) is 12.1 Å². The summed E-state index contributed by atoms with van der Waals surface area (Å²) in [4.78, 5) is 41.7. The van der Waals surface area contributed by atoms with Crippen LogP contribution in [-0.2, 0) is 11.0 Å². The number of nitrogens with one attached hydrogen (secondary N) is 1. The quantitative estimate of drug-likeness (QED) is 0.328. The van der Waals surface area contributed by atoms with Crippen LogP contribution in [0.4, 0.5) is 13.2 Å². The van der Waals surface area contributed by atoms with Crippen molar-refractivity contribution in [3.05, 3.63) is 81.9 Å². The normalized spacial score (nSPS) is 14.4. The molecule has 0 bridgehead atoms. The van der Waals surface area contributed by atoms with E-state index in [1.807, 2.05) is 0 Å². The van der Waals surface area contributed by atoms with Crippen molar-refractivity contribution >= 4 is 22.8 Å². The maximum absolute atomic E-state index is 13.8. The van der Waals surface area contributed by atoms with Crippen LogP contribution in [0.25, 0.3) is 22.0 Å². The zero-order chi connectivity index (χ0) is 28.8. The average Bonchev–Trinajstić information content (AvgIpc) is 2.93. The van der Waals surface area contributed by atoms with Crippen molar-refractivity contribution in [1.29, 1.82) is 0 Å². The third-order valence-corrected chi connectivity index (χ3v) is 6.50. The Balaban J connectivity index is 1.78. The zero-order valence-corrected chi connectivity index (χ0v) is 20.7. The number of benzene rings is 2. The van der Waals surface area contributed by atoms with Gasteiger partial charge in [0, 0.05) is 22.7 Å². The van der Waals surface area contributed by atoms with Crippen molar-refractivity contribution in [3.8, 4) is 28.4 Å². The largest absolute Gasteiger partial charge is 0.506 e. The molecular formula is C27H20F3N3O7. The third kappa shape index (κ3) is 4.55. The predicted molar refractivity (Wildman–Crippen MR) is 135 cm³/mol. The van der Waals surface area contributed by atoms with E-state index in [4.69, 9.17) is 14.6 Å². The number of carbonyl (C=O) groups is 2. The number of hydrogen-bond acceptors (Lipinski definition) is 7. The van der Waals surface area contributed by atoms with Crippen molar-refractivity contribution in [2.24, 2.45) is 0 Å². The summed E-state index contributed by atoms with van der Waals surface area (Å²) in [5.74, 6) is -2.59. The number of halogens is 3. The SMILES string of the molecule is COc1cncc(-c2ccc3c(O)c(C(=O)NCC(=O)O)c(=O)n4c3c2OCC4c2ccc(C(F)(F)F)cc2)c1. The van der Waals surface area contributed by atoms with Gasteiger partial charge in [0.15, 0.2) is 5.75 Å². The second kappa shape index (κ2) is 9.91. The van der Waals surface area contributed by atoms with E-state index >= 15 is 0 Å². The van der Waals surface area contributed by atoms with Gasteiger partial charge in [-0.3, -0.25) is 23.9 Å². The molecule has 0 aliphatic carbocycles. The lowest BCUT2D eigenvalue weighted by molar-refractivity contribution is -0.138. The van der Waals surface area contributed by atoms with E-state index in [1.165, 1.54) is 42.3 Å². The number of rotatable bonds is 6. The number of aliphatic carboxylic acids is 1. The van der Waals surface area contributed by atoms with Crippen LogP contribution in [-0.4, -0.2) is 51.9 Å². The van der Waals surface area contributed by atoms with Gasteiger partial charge in [-0.1, -0.05) is 12.1 Å². The first-order valence-corrected chi connectivity index (χ1v) is 11.7. The predicted octanol–water partition coefficient (Wildman–Crippen LogP) is 3.59. The number of nitrogens with zero attached hydrogens (tertiary/aromatic N) is 2. The zero-order valence-electron chi connectivity index (χ0n) is 20.7. The van der Waals surface area contributed by atoms with Gasteiger partial charge in [-0.2, -0.15) is 13.2 Å². The second-order valence-corrected chi connectivity index (χ2v) is 8.87. The first-order valence-electron chi connectivity index (χ1n) is 11.7. The van der Waals surface area contributed by atoms with E-state index < -0.39 is 53.1 Å². The highest BCUT2D eigenvalue weighted by atomic mass is 19.4. The van der Waals surface area contributed by atoms with Crippen LogP contribution in [0.15, 0.2) is 59.7 Å². The minimum atomic E-state index is -4.58. The molecule has 4 aromatic rings. The molecule has 2 aromatic carbocycles. The summed E-state index contributed by atoms with van der Waals surface area (Å²) in [5.41, 5.74) is -1.20. The number of pyridine rings is 2. The molecule has 5 rings (SSSR count). The van der Waals surface area contributed by atoms with Crippen molar-refractivity contribution in [3.63, 3.8) is 0 Å². The lowest BCUT2D eigenvalue weighted by Crippen LogP contribution is -2.39. The van der Waals surface area contributed by atoms with E-state index in [0.29, 0.717) is 16.9 Å². The number of amides is 1. The summed E-state index contributed by atoms with van der Waals surface area (Å²) in [6.45, 7) is -1.02. The molecule has 1 unspecified atom stereocenters. The number of aromatic hydroxyl groups is 1. The number of methoxy groups -OCH3 is 1. The molecule has 1 atom stereocenters. The van der Waals surface area contributed by atoms with Gasteiger partial charge in [-0.15, -0.1) is 0 Å². The van der Waals surface area contributed by atoms with E-state index in [9.17, 15) is 32.7 Å². The fourth-order valence-electron chi connectivity index (χ4n) is 4.63. The van der Waals surface area contributed by atoms with Crippen molar-refractivity contribution in [2.45, 2.75) is 12.2 Å². The Morgan fingerprint density at radius 3 is 2.55 bits per heavy atom. The summed E-state index contributed by atoms with van der Waals surface area (Å²) in [7, 11) is 1.46. The van der Waals surface area contributed by atoms with E-state index in [1.54, 1.807) is 12.1 Å². The third-order valence-electron chi connectivity index (χ3n) is 6.50. The molecule has 3 N–H and O–H groups in total. The van der Waals surface area contributed by atoms with Crippen molar-refractivity contribution < 1.29 is 42.4 Å². The number of carboxylic acid groups (broad SMARTS) is 1. The Labute approximate surface area is 223 Å². The molecule has 0 spiro atoms. The van der Waals surface area contributed by atoms with Gasteiger partial charge in [0.05, 0.1) is 30.4 Å². The molecule has 13 heteroatoms. The number of alkyl halides is 3. The average molecular weight is 555 g/mol. The Bertz CT molecular complexity index is 1720. The topological polar surface area (TPSA) is 140 Å². The molecule has 10 nitrogen and oxygen atoms in total. The summed E-state index contributed by atoms with van der Waals surface area (Å²) in [6.07, 6.45) is -1.56. The van der Waals surface area contributed by atoms with E-state index in [2.05, 4.69) is 10.3 Å². The Hall–Kier alpha value is -5.07. The summed E-state index contributed by atoms with van der Waals surface area (Å²) in [5, 5.41) is 22.1. The fraction of sp³-hybridized carbons (Fsp3) is 0.185. The van der Waals surface area contributed by atoms with Gasteiger partial charge in [0.25, 0.3) is 11.5 Å². The standard InChI is InChI=1S/C27H20F3N3O7/c1-39-16-8-14(9-31-10-16)17-6-7-18-22-24(17)40-12-19(13-2-4-15(5-3-13)27(28,29)30)33(22)26(38)21(23(18)36)25(37)32-11-20(34)35/h2-10,19,36H,11-12H2,1H3,(H,32,37)(H,34,35).